The zero-order chi connectivity index (χ0) is 12.4. The summed E-state index contributed by atoms with van der Waals surface area (Å²) in [7, 11) is 2.03. The van der Waals surface area contributed by atoms with Gasteiger partial charge in [-0.1, -0.05) is 18.2 Å². The normalized spacial score (nSPS) is 22.2. The minimum atomic E-state index is 0.279. The Morgan fingerprint density at radius 2 is 2.33 bits per heavy atom. The Morgan fingerprint density at radius 1 is 1.39 bits per heavy atom. The number of hydrogen-bond donors (Lipinski definition) is 1. The fraction of sp³-hybridized carbons (Fsp3) is 0.429. The molecule has 96 valence electrons. The van der Waals surface area contributed by atoms with Crippen LogP contribution in [-0.2, 0) is 4.74 Å². The summed E-state index contributed by atoms with van der Waals surface area (Å²) in [6.07, 6.45) is 0.279. The number of nitrogens with one attached hydrogen (secondary N) is 1. The molecule has 3 rings (SSSR count). The average Bonchev–Trinajstić information content (AvgIpc) is 2.90. The molecule has 1 fully saturated rings. The van der Waals surface area contributed by atoms with Gasteiger partial charge in [-0.2, -0.15) is 11.8 Å². The molecule has 2 heterocycles. The predicted molar refractivity (Wildman–Crippen MR) is 80.7 cm³/mol. The highest BCUT2D eigenvalue weighted by Gasteiger charge is 2.26. The van der Waals surface area contributed by atoms with Crippen molar-refractivity contribution in [3.63, 3.8) is 0 Å². The van der Waals surface area contributed by atoms with Gasteiger partial charge >= 0.3 is 0 Å². The van der Waals surface area contributed by atoms with Crippen LogP contribution < -0.4 is 5.32 Å². The third-order valence-corrected chi connectivity index (χ3v) is 5.37. The molecule has 1 N–H and O–H groups in total. The second kappa shape index (κ2) is 5.61. The molecule has 1 saturated heterocycles. The molecule has 0 radical (unpaired) electrons. The van der Waals surface area contributed by atoms with E-state index in [1.165, 1.54) is 15.6 Å². The number of ether oxygens (including phenoxy) is 1. The zero-order valence-corrected chi connectivity index (χ0v) is 12.0. The van der Waals surface area contributed by atoms with Crippen molar-refractivity contribution < 1.29 is 4.74 Å². The molecule has 2 nitrogen and oxygen atoms in total. The van der Waals surface area contributed by atoms with E-state index in [4.69, 9.17) is 4.74 Å². The molecule has 0 saturated carbocycles. The van der Waals surface area contributed by atoms with E-state index in [9.17, 15) is 0 Å². The monoisotopic (exact) mass is 279 g/mol. The van der Waals surface area contributed by atoms with Crippen molar-refractivity contribution in [1.82, 2.24) is 5.32 Å². The van der Waals surface area contributed by atoms with Gasteiger partial charge in [-0.3, -0.25) is 0 Å². The van der Waals surface area contributed by atoms with Crippen LogP contribution in [0, 0.1) is 0 Å². The van der Waals surface area contributed by atoms with E-state index < -0.39 is 0 Å². The average molecular weight is 279 g/mol. The van der Waals surface area contributed by atoms with Gasteiger partial charge in [-0.05, 0) is 29.4 Å². The van der Waals surface area contributed by atoms with Crippen molar-refractivity contribution in [2.24, 2.45) is 0 Å². The Kier molecular flexibility index (Phi) is 3.89. The topological polar surface area (TPSA) is 21.3 Å². The lowest BCUT2D eigenvalue weighted by molar-refractivity contribution is 0.0492. The first-order valence-corrected chi connectivity index (χ1v) is 8.26. The predicted octanol–water partition coefficient (Wildman–Crippen LogP) is 3.29. The van der Waals surface area contributed by atoms with Crippen LogP contribution in [0.2, 0.25) is 0 Å². The molecule has 0 bridgehead atoms. The minimum Gasteiger partial charge on any atom is -0.375 e. The molecule has 18 heavy (non-hydrogen) atoms. The number of benzene rings is 1. The Bertz CT molecular complexity index is 519. The second-order valence-corrected chi connectivity index (χ2v) is 6.50. The van der Waals surface area contributed by atoms with E-state index in [1.807, 2.05) is 30.1 Å². The summed E-state index contributed by atoms with van der Waals surface area (Å²) in [5.74, 6) is 2.20. The fourth-order valence-corrected chi connectivity index (χ4v) is 4.36. The number of fused-ring (bicyclic) bond motifs is 1. The smallest absolute Gasteiger partial charge is 0.0860 e. The largest absolute Gasteiger partial charge is 0.375 e. The molecule has 0 amide bonds. The van der Waals surface area contributed by atoms with Gasteiger partial charge in [-0.25, -0.2) is 0 Å². The van der Waals surface area contributed by atoms with Gasteiger partial charge in [0.05, 0.1) is 18.8 Å². The molecular formula is C14H17NOS2. The van der Waals surface area contributed by atoms with Gasteiger partial charge in [0.1, 0.15) is 0 Å². The van der Waals surface area contributed by atoms with Gasteiger partial charge < -0.3 is 10.1 Å². The highest BCUT2D eigenvalue weighted by atomic mass is 32.2. The molecule has 0 aliphatic carbocycles. The van der Waals surface area contributed by atoms with Crippen LogP contribution in [0.1, 0.15) is 11.6 Å². The van der Waals surface area contributed by atoms with Gasteiger partial charge in [-0.15, -0.1) is 11.3 Å². The van der Waals surface area contributed by atoms with Gasteiger partial charge in [0.25, 0.3) is 0 Å². The molecule has 2 atom stereocenters. The van der Waals surface area contributed by atoms with Crippen LogP contribution in [0.25, 0.3) is 10.1 Å². The molecule has 1 aliphatic rings. The Balaban J connectivity index is 1.97. The highest BCUT2D eigenvalue weighted by Crippen LogP contribution is 2.33. The van der Waals surface area contributed by atoms with E-state index in [-0.39, 0.29) is 6.10 Å². The van der Waals surface area contributed by atoms with Crippen molar-refractivity contribution in [1.29, 1.82) is 0 Å². The zero-order valence-electron chi connectivity index (χ0n) is 10.4. The molecule has 1 aromatic carbocycles. The van der Waals surface area contributed by atoms with Crippen LogP contribution >= 0.6 is 23.1 Å². The van der Waals surface area contributed by atoms with Gasteiger partial charge in [0.2, 0.25) is 0 Å². The van der Waals surface area contributed by atoms with Crippen molar-refractivity contribution in [3.8, 4) is 0 Å². The van der Waals surface area contributed by atoms with Crippen molar-refractivity contribution in [3.05, 3.63) is 35.2 Å². The van der Waals surface area contributed by atoms with Crippen LogP contribution in [0.15, 0.2) is 29.6 Å². The Hall–Kier alpha value is -0.550. The number of thioether (sulfide) groups is 1. The molecule has 2 unspecified atom stereocenters. The van der Waals surface area contributed by atoms with E-state index in [0.29, 0.717) is 6.04 Å². The Morgan fingerprint density at radius 3 is 3.11 bits per heavy atom. The summed E-state index contributed by atoms with van der Waals surface area (Å²) in [5, 5.41) is 6.94. The third-order valence-electron chi connectivity index (χ3n) is 3.37. The van der Waals surface area contributed by atoms with Gasteiger partial charge in [0, 0.05) is 16.2 Å². The summed E-state index contributed by atoms with van der Waals surface area (Å²) in [5.41, 5.74) is 1.37. The number of thiophene rings is 1. The van der Waals surface area contributed by atoms with E-state index >= 15 is 0 Å². The molecule has 1 aromatic heterocycles. The first kappa shape index (κ1) is 12.5. The van der Waals surface area contributed by atoms with Gasteiger partial charge in [0.15, 0.2) is 0 Å². The lowest BCUT2D eigenvalue weighted by atomic mass is 10.0. The van der Waals surface area contributed by atoms with Crippen LogP contribution in [-0.4, -0.2) is 31.3 Å². The molecule has 4 heteroatoms. The van der Waals surface area contributed by atoms with Crippen molar-refractivity contribution >= 4 is 33.2 Å². The van der Waals surface area contributed by atoms with E-state index in [0.717, 1.165) is 18.1 Å². The van der Waals surface area contributed by atoms with Crippen LogP contribution in [0.5, 0.6) is 0 Å². The lowest BCUT2D eigenvalue weighted by Gasteiger charge is -2.30. The Labute approximate surface area is 116 Å². The summed E-state index contributed by atoms with van der Waals surface area (Å²) in [6.45, 7) is 0.869. The minimum absolute atomic E-state index is 0.279. The summed E-state index contributed by atoms with van der Waals surface area (Å²) < 4.78 is 7.32. The highest BCUT2D eigenvalue weighted by molar-refractivity contribution is 7.99. The maximum absolute atomic E-state index is 5.93. The molecule has 2 aromatic rings. The van der Waals surface area contributed by atoms with Crippen LogP contribution in [0.3, 0.4) is 0 Å². The number of rotatable bonds is 3. The number of likely N-dealkylation sites (N-methyl/N-ethyl adjacent to an activating group) is 1. The maximum atomic E-state index is 5.93. The van der Waals surface area contributed by atoms with E-state index in [1.54, 1.807) is 0 Å². The molecular weight excluding hydrogens is 262 g/mol. The van der Waals surface area contributed by atoms with E-state index in [2.05, 4.69) is 35.0 Å². The first-order chi connectivity index (χ1) is 8.90. The number of hydrogen-bond acceptors (Lipinski definition) is 4. The molecule has 1 aliphatic heterocycles. The third kappa shape index (κ3) is 2.30. The standard InChI is InChI=1S/C14H17NOS2/c1-15-13(12-9-17-8-6-16-12)11-4-2-3-10-5-7-18-14(10)11/h2-5,7,12-13,15H,6,8-9H2,1H3. The summed E-state index contributed by atoms with van der Waals surface area (Å²) in [6, 6.07) is 9.03. The van der Waals surface area contributed by atoms with Crippen molar-refractivity contribution in [2.45, 2.75) is 12.1 Å². The lowest BCUT2D eigenvalue weighted by Crippen LogP contribution is -2.36. The summed E-state index contributed by atoms with van der Waals surface area (Å²) >= 11 is 3.81. The fourth-order valence-electron chi connectivity index (χ4n) is 2.50. The summed E-state index contributed by atoms with van der Waals surface area (Å²) in [4.78, 5) is 0. The first-order valence-electron chi connectivity index (χ1n) is 6.23. The quantitative estimate of drug-likeness (QED) is 0.931. The molecule has 0 spiro atoms. The van der Waals surface area contributed by atoms with Crippen LogP contribution in [0.4, 0.5) is 0 Å². The SMILES string of the molecule is CNC(c1cccc2ccsc12)C1CSCCO1. The van der Waals surface area contributed by atoms with Crippen molar-refractivity contribution in [2.75, 3.05) is 25.2 Å². The second-order valence-electron chi connectivity index (χ2n) is 4.44. The maximum Gasteiger partial charge on any atom is 0.0860 e.